The molecule has 0 saturated heterocycles. The average Bonchev–Trinajstić information content (AvgIpc) is 2.88. The van der Waals surface area contributed by atoms with Crippen LogP contribution in [0.15, 0.2) is 52.0 Å². The summed E-state index contributed by atoms with van der Waals surface area (Å²) in [6.07, 6.45) is 1.09. The van der Waals surface area contributed by atoms with Gasteiger partial charge in [0.1, 0.15) is 0 Å². The number of benzene rings is 2. The molecule has 0 atom stereocenters. The summed E-state index contributed by atoms with van der Waals surface area (Å²) >= 11 is 9.47. The largest absolute Gasteiger partial charge is 0.478 e. The summed E-state index contributed by atoms with van der Waals surface area (Å²) in [5.74, 6) is -1.22. The van der Waals surface area contributed by atoms with Crippen molar-refractivity contribution >= 4 is 54.4 Å². The van der Waals surface area contributed by atoms with Crippen LogP contribution in [0.3, 0.4) is 0 Å². The molecule has 3 aromatic rings. The fraction of sp³-hybridized carbons (Fsp3) is 0.0625. The van der Waals surface area contributed by atoms with Gasteiger partial charge in [0.2, 0.25) is 0 Å². The third-order valence-corrected chi connectivity index (χ3v) is 6.06. The van der Waals surface area contributed by atoms with Crippen molar-refractivity contribution in [3.05, 3.63) is 63.2 Å². The topological polar surface area (TPSA) is 76.4 Å². The Labute approximate surface area is 151 Å². The summed E-state index contributed by atoms with van der Waals surface area (Å²) < 4.78 is 27.5. The maximum atomic E-state index is 12.9. The first-order valence-electron chi connectivity index (χ1n) is 6.77. The predicted molar refractivity (Wildman–Crippen MR) is 95.4 cm³/mol. The predicted octanol–water partition coefficient (Wildman–Crippen LogP) is 4.30. The second kappa shape index (κ2) is 5.91. The number of rotatable bonds is 3. The number of carboxylic acid groups (broad SMARTS) is 1. The monoisotopic (exact) mass is 427 g/mol. The lowest BCUT2D eigenvalue weighted by molar-refractivity contribution is 0.0699. The third kappa shape index (κ3) is 2.72. The zero-order chi connectivity index (χ0) is 17.6. The van der Waals surface area contributed by atoms with Crippen LogP contribution in [0, 0.1) is 6.92 Å². The Hall–Kier alpha value is -1.83. The van der Waals surface area contributed by atoms with E-state index in [1.54, 1.807) is 31.2 Å². The summed E-state index contributed by atoms with van der Waals surface area (Å²) in [4.78, 5) is 11.5. The molecule has 2 aromatic carbocycles. The van der Waals surface area contributed by atoms with Crippen molar-refractivity contribution in [1.29, 1.82) is 0 Å². The van der Waals surface area contributed by atoms with Gasteiger partial charge in [-0.25, -0.2) is 17.2 Å². The van der Waals surface area contributed by atoms with E-state index in [1.807, 2.05) is 0 Å². The molecule has 0 saturated carbocycles. The van der Waals surface area contributed by atoms with Gasteiger partial charge in [-0.15, -0.1) is 0 Å². The Morgan fingerprint density at radius 2 is 1.83 bits per heavy atom. The molecule has 0 spiro atoms. The molecular formula is C16H11BrClNO4S. The highest BCUT2D eigenvalue weighted by molar-refractivity contribution is 9.10. The molecule has 0 unspecified atom stereocenters. The minimum Gasteiger partial charge on any atom is -0.478 e. The summed E-state index contributed by atoms with van der Waals surface area (Å²) in [7, 11) is -3.98. The molecule has 0 radical (unpaired) electrons. The van der Waals surface area contributed by atoms with Crippen LogP contribution in [0.25, 0.3) is 10.9 Å². The maximum Gasteiger partial charge on any atom is 0.337 e. The van der Waals surface area contributed by atoms with Crippen molar-refractivity contribution in [3.8, 4) is 0 Å². The third-order valence-electron chi connectivity index (χ3n) is 3.57. The van der Waals surface area contributed by atoms with Crippen molar-refractivity contribution < 1.29 is 18.3 Å². The second-order valence-electron chi connectivity index (χ2n) is 5.25. The number of fused-ring (bicyclic) bond motifs is 1. The van der Waals surface area contributed by atoms with E-state index in [4.69, 9.17) is 11.6 Å². The van der Waals surface area contributed by atoms with Gasteiger partial charge in [-0.3, -0.25) is 0 Å². The van der Waals surface area contributed by atoms with E-state index in [9.17, 15) is 18.3 Å². The van der Waals surface area contributed by atoms with Gasteiger partial charge in [-0.1, -0.05) is 27.5 Å². The van der Waals surface area contributed by atoms with E-state index in [1.165, 1.54) is 12.1 Å². The second-order valence-corrected chi connectivity index (χ2v) is 8.38. The number of carbonyl (C=O) groups is 1. The van der Waals surface area contributed by atoms with Crippen molar-refractivity contribution in [2.75, 3.05) is 0 Å². The molecule has 0 aliphatic carbocycles. The Morgan fingerprint density at radius 1 is 1.21 bits per heavy atom. The molecule has 1 N–H and O–H groups in total. The van der Waals surface area contributed by atoms with E-state index in [-0.39, 0.29) is 26.4 Å². The highest BCUT2D eigenvalue weighted by Crippen LogP contribution is 2.32. The molecule has 8 heteroatoms. The number of halogens is 2. The summed E-state index contributed by atoms with van der Waals surface area (Å²) in [5.41, 5.74) is 0.785. The maximum absolute atomic E-state index is 12.9. The van der Waals surface area contributed by atoms with Crippen LogP contribution in [0.5, 0.6) is 0 Å². The van der Waals surface area contributed by atoms with E-state index in [0.29, 0.717) is 0 Å². The van der Waals surface area contributed by atoms with Crippen LogP contribution in [0.4, 0.5) is 0 Å². The van der Waals surface area contributed by atoms with E-state index in [0.717, 1.165) is 20.2 Å². The van der Waals surface area contributed by atoms with Gasteiger partial charge in [0.25, 0.3) is 10.0 Å². The average molecular weight is 429 g/mol. The molecule has 3 rings (SSSR count). The summed E-state index contributed by atoms with van der Waals surface area (Å²) in [6, 6.07) is 9.29. The van der Waals surface area contributed by atoms with Gasteiger partial charge in [-0.05, 0) is 48.9 Å². The highest BCUT2D eigenvalue weighted by atomic mass is 79.9. The summed E-state index contributed by atoms with van der Waals surface area (Å²) in [5, 5.41) is 9.86. The van der Waals surface area contributed by atoms with Gasteiger partial charge < -0.3 is 5.11 Å². The van der Waals surface area contributed by atoms with Crippen molar-refractivity contribution in [1.82, 2.24) is 3.97 Å². The Balaban J connectivity index is 2.38. The van der Waals surface area contributed by atoms with Crippen LogP contribution in [-0.4, -0.2) is 23.5 Å². The number of nitrogens with zero attached hydrogens (tertiary/aromatic N) is 1. The fourth-order valence-electron chi connectivity index (χ4n) is 2.50. The molecule has 0 aliphatic rings. The van der Waals surface area contributed by atoms with E-state index < -0.39 is 16.0 Å². The zero-order valence-electron chi connectivity index (χ0n) is 12.3. The fourth-order valence-corrected chi connectivity index (χ4v) is 4.56. The number of hydrogen-bond donors (Lipinski definition) is 1. The number of aromatic nitrogens is 1. The summed E-state index contributed by atoms with van der Waals surface area (Å²) in [6.45, 7) is 1.76. The molecule has 124 valence electrons. The van der Waals surface area contributed by atoms with Crippen LogP contribution < -0.4 is 0 Å². The minimum absolute atomic E-state index is 0.0381. The molecule has 0 amide bonds. The molecule has 0 aliphatic heterocycles. The van der Waals surface area contributed by atoms with Gasteiger partial charge >= 0.3 is 5.97 Å². The zero-order valence-corrected chi connectivity index (χ0v) is 15.5. The van der Waals surface area contributed by atoms with Gasteiger partial charge in [0.05, 0.1) is 21.0 Å². The number of carboxylic acids is 1. The quantitative estimate of drug-likeness (QED) is 0.675. The van der Waals surface area contributed by atoms with Gasteiger partial charge in [0.15, 0.2) is 0 Å². The highest BCUT2D eigenvalue weighted by Gasteiger charge is 2.25. The van der Waals surface area contributed by atoms with Gasteiger partial charge in [0, 0.05) is 16.1 Å². The van der Waals surface area contributed by atoms with Crippen molar-refractivity contribution in [2.24, 2.45) is 0 Å². The molecule has 24 heavy (non-hydrogen) atoms. The Kier molecular flexibility index (Phi) is 4.19. The molecule has 1 aromatic heterocycles. The van der Waals surface area contributed by atoms with Crippen LogP contribution in [-0.2, 0) is 10.0 Å². The van der Waals surface area contributed by atoms with Crippen LogP contribution in [0.2, 0.25) is 5.02 Å². The molecule has 0 fully saturated rings. The molecular weight excluding hydrogens is 418 g/mol. The van der Waals surface area contributed by atoms with E-state index in [2.05, 4.69) is 15.9 Å². The normalized spacial score (nSPS) is 11.8. The van der Waals surface area contributed by atoms with E-state index >= 15 is 0 Å². The number of aryl methyl sites for hydroxylation is 1. The minimum atomic E-state index is -3.98. The lowest BCUT2D eigenvalue weighted by Gasteiger charge is -2.09. The lowest BCUT2D eigenvalue weighted by Crippen LogP contribution is -2.12. The lowest BCUT2D eigenvalue weighted by atomic mass is 10.1. The number of hydrogen-bond acceptors (Lipinski definition) is 3. The smallest absolute Gasteiger partial charge is 0.337 e. The molecule has 0 bridgehead atoms. The molecule has 5 nitrogen and oxygen atoms in total. The standard InChI is InChI=1S/C16H11BrClNO4S/c1-9-6-12-13(16(20)21)8-19(15(12)14(18)7-9)24(22,23)11-4-2-10(17)3-5-11/h2-8H,1H3,(H,20,21). The Morgan fingerprint density at radius 3 is 2.42 bits per heavy atom. The van der Waals surface area contributed by atoms with Crippen molar-refractivity contribution in [2.45, 2.75) is 11.8 Å². The first-order chi connectivity index (χ1) is 11.2. The number of aromatic carboxylic acids is 1. The van der Waals surface area contributed by atoms with Crippen LogP contribution in [0.1, 0.15) is 15.9 Å². The first kappa shape index (κ1) is 17.0. The first-order valence-corrected chi connectivity index (χ1v) is 9.38. The van der Waals surface area contributed by atoms with Crippen molar-refractivity contribution in [3.63, 3.8) is 0 Å². The van der Waals surface area contributed by atoms with Crippen LogP contribution >= 0.6 is 27.5 Å². The molecule has 1 heterocycles. The SMILES string of the molecule is Cc1cc(Cl)c2c(c1)c(C(=O)O)cn2S(=O)(=O)c1ccc(Br)cc1. The van der Waals surface area contributed by atoms with Gasteiger partial charge in [-0.2, -0.15) is 0 Å². The Bertz CT molecular complexity index is 1070.